The lowest BCUT2D eigenvalue weighted by Crippen LogP contribution is -2.35. The number of hydrogen-bond acceptors (Lipinski definition) is 14. The summed E-state index contributed by atoms with van der Waals surface area (Å²) in [4.78, 5) is 34.9. The second-order valence-corrected chi connectivity index (χ2v) is 11.8. The van der Waals surface area contributed by atoms with E-state index in [0.29, 0.717) is 0 Å². The van der Waals surface area contributed by atoms with Crippen LogP contribution in [0.25, 0.3) is 0 Å². The summed E-state index contributed by atoms with van der Waals surface area (Å²) in [6, 6.07) is 0. The lowest BCUT2D eigenvalue weighted by molar-refractivity contribution is -0.0239. The Kier molecular flexibility index (Phi) is 9.15. The number of nitrogens with one attached hydrogen (secondary N) is 1. The van der Waals surface area contributed by atoms with E-state index in [-0.39, 0.29) is 5.56 Å². The van der Waals surface area contributed by atoms with Crippen molar-refractivity contribution in [1.82, 2.24) is 9.55 Å². The molecular formula is C13H23N2O15P3. The van der Waals surface area contributed by atoms with Crippen molar-refractivity contribution in [3.05, 3.63) is 32.6 Å². The zero-order chi connectivity index (χ0) is 25.2. The number of ether oxygens (including phenoxy) is 1. The Labute approximate surface area is 186 Å². The van der Waals surface area contributed by atoms with Gasteiger partial charge in [-0.2, -0.15) is 8.62 Å². The molecule has 1 saturated heterocycles. The van der Waals surface area contributed by atoms with Crippen LogP contribution in [0.1, 0.15) is 11.7 Å². The molecule has 0 bridgehead atoms. The molecule has 190 valence electrons. The summed E-state index contributed by atoms with van der Waals surface area (Å²) in [5.41, 5.74) is -1.78. The van der Waals surface area contributed by atoms with Crippen molar-refractivity contribution in [2.24, 2.45) is 7.05 Å². The molecule has 1 aliphatic rings. The van der Waals surface area contributed by atoms with Crippen LogP contribution in [0.4, 0.5) is 0 Å². The topological polar surface area (TPSA) is 231 Å². The molecule has 1 aromatic heterocycles. The van der Waals surface area contributed by atoms with Crippen molar-refractivity contribution in [3.8, 4) is 0 Å². The molecule has 2 heterocycles. The van der Waals surface area contributed by atoms with Crippen LogP contribution >= 0.6 is 23.5 Å². The van der Waals surface area contributed by atoms with Gasteiger partial charge in [0.25, 0.3) is 5.56 Å². The number of aliphatic hydroxyl groups excluding tert-OH is 2. The molecule has 0 radical (unpaired) electrons. The Morgan fingerprint density at radius 1 is 1.03 bits per heavy atom. The molecule has 0 aromatic carbocycles. The van der Waals surface area contributed by atoms with Gasteiger partial charge < -0.3 is 24.4 Å². The average molecular weight is 540 g/mol. The summed E-state index contributed by atoms with van der Waals surface area (Å²) < 4.78 is 69.7. The summed E-state index contributed by atoms with van der Waals surface area (Å²) >= 11 is 0. The van der Waals surface area contributed by atoms with E-state index < -0.39 is 65.7 Å². The van der Waals surface area contributed by atoms with Crippen molar-refractivity contribution >= 4 is 23.5 Å². The standard InChI is InChI=1S/C13H23N2O15P3/c1-15-5-7(12(18)14-13(15)19)11-10(17)9(16)8(28-11)6-27-32(22,25-3)30-33(23,26-4)29-31(20,21)24-2/h5,8-11,16-17H,6H2,1-4H3,(H,20,21)(H,14,18,19). The van der Waals surface area contributed by atoms with E-state index in [1.54, 1.807) is 0 Å². The number of aromatic nitrogens is 2. The maximum atomic E-state index is 12.7. The fourth-order valence-corrected chi connectivity index (χ4v) is 6.64. The highest BCUT2D eigenvalue weighted by atomic mass is 31.3. The highest BCUT2D eigenvalue weighted by Crippen LogP contribution is 2.71. The molecule has 0 aliphatic carbocycles. The van der Waals surface area contributed by atoms with Crippen LogP contribution in [0.3, 0.4) is 0 Å². The van der Waals surface area contributed by atoms with E-state index >= 15 is 0 Å². The maximum Gasteiger partial charge on any atom is 0.492 e. The first kappa shape index (κ1) is 28.2. The highest BCUT2D eigenvalue weighted by Gasteiger charge is 2.48. The lowest BCUT2D eigenvalue weighted by atomic mass is 10.0. The summed E-state index contributed by atoms with van der Waals surface area (Å²) in [6.07, 6.45) is -5.05. The number of aryl methyl sites for hydroxylation is 1. The first-order chi connectivity index (χ1) is 15.2. The summed E-state index contributed by atoms with van der Waals surface area (Å²) in [5.74, 6) is 0. The van der Waals surface area contributed by atoms with Gasteiger partial charge in [0.2, 0.25) is 0 Å². The zero-order valence-electron chi connectivity index (χ0n) is 17.6. The minimum atomic E-state index is -5.02. The molecule has 0 amide bonds. The minimum absolute atomic E-state index is 0.187. The molecule has 17 nitrogen and oxygen atoms in total. The van der Waals surface area contributed by atoms with Gasteiger partial charge in [-0.25, -0.2) is 18.5 Å². The highest BCUT2D eigenvalue weighted by molar-refractivity contribution is 7.67. The molecule has 2 rings (SSSR count). The quantitative estimate of drug-likeness (QED) is 0.260. The number of nitrogens with zero attached hydrogens (tertiary/aromatic N) is 1. The number of aliphatic hydroxyl groups is 2. The van der Waals surface area contributed by atoms with Crippen molar-refractivity contribution in [2.45, 2.75) is 24.4 Å². The van der Waals surface area contributed by atoms with Crippen LogP contribution in [0.15, 0.2) is 15.8 Å². The van der Waals surface area contributed by atoms with E-state index in [1.807, 2.05) is 4.98 Å². The average Bonchev–Trinajstić information content (AvgIpc) is 3.03. The van der Waals surface area contributed by atoms with Crippen LogP contribution < -0.4 is 11.2 Å². The van der Waals surface area contributed by atoms with Gasteiger partial charge in [-0.3, -0.25) is 27.9 Å². The number of aromatic amines is 1. The smallest absolute Gasteiger partial charge is 0.387 e. The lowest BCUT2D eigenvalue weighted by Gasteiger charge is -2.23. The zero-order valence-corrected chi connectivity index (χ0v) is 20.3. The molecule has 4 N–H and O–H groups in total. The fourth-order valence-electron chi connectivity index (χ4n) is 2.57. The van der Waals surface area contributed by atoms with Crippen molar-refractivity contribution in [3.63, 3.8) is 0 Å². The Hall–Kier alpha value is -1.03. The van der Waals surface area contributed by atoms with Gasteiger partial charge in [0.05, 0.1) is 12.2 Å². The number of H-pyrrole nitrogens is 1. The van der Waals surface area contributed by atoms with Gasteiger partial charge in [-0.15, -0.1) is 0 Å². The van der Waals surface area contributed by atoms with Crippen LogP contribution in [0, 0.1) is 0 Å². The van der Waals surface area contributed by atoms with Gasteiger partial charge in [0.15, 0.2) is 0 Å². The monoisotopic (exact) mass is 540 g/mol. The fraction of sp³-hybridized carbons (Fsp3) is 0.692. The molecule has 1 fully saturated rings. The normalized spacial score (nSPS) is 28.7. The van der Waals surface area contributed by atoms with Gasteiger partial charge in [-0.1, -0.05) is 0 Å². The molecule has 0 saturated carbocycles. The molecule has 20 heteroatoms. The van der Waals surface area contributed by atoms with Crippen molar-refractivity contribution < 1.29 is 60.3 Å². The largest absolute Gasteiger partial charge is 0.492 e. The van der Waals surface area contributed by atoms with Crippen LogP contribution in [-0.2, 0) is 52.2 Å². The first-order valence-corrected chi connectivity index (χ1v) is 13.2. The summed E-state index contributed by atoms with van der Waals surface area (Å²) in [5, 5.41) is 20.5. The van der Waals surface area contributed by atoms with Gasteiger partial charge >= 0.3 is 29.2 Å². The van der Waals surface area contributed by atoms with E-state index in [2.05, 4.69) is 22.2 Å². The third-order valence-corrected chi connectivity index (χ3v) is 9.33. The molecule has 33 heavy (non-hydrogen) atoms. The predicted octanol–water partition coefficient (Wildman–Crippen LogP) is -0.459. The number of hydrogen-bond donors (Lipinski definition) is 4. The summed E-state index contributed by atoms with van der Waals surface area (Å²) in [6.45, 7) is -0.811. The van der Waals surface area contributed by atoms with E-state index in [0.717, 1.165) is 32.1 Å². The van der Waals surface area contributed by atoms with Gasteiger partial charge in [-0.05, 0) is 0 Å². The van der Waals surface area contributed by atoms with Crippen molar-refractivity contribution in [1.29, 1.82) is 0 Å². The first-order valence-electron chi connectivity index (χ1n) is 8.78. The van der Waals surface area contributed by atoms with Crippen molar-refractivity contribution in [2.75, 3.05) is 27.9 Å². The number of rotatable bonds is 11. The predicted molar refractivity (Wildman–Crippen MR) is 106 cm³/mol. The van der Waals surface area contributed by atoms with E-state index in [9.17, 15) is 38.4 Å². The van der Waals surface area contributed by atoms with Gasteiger partial charge in [0.1, 0.15) is 24.4 Å². The Morgan fingerprint density at radius 3 is 2.18 bits per heavy atom. The second-order valence-electron chi connectivity index (χ2n) is 6.40. The van der Waals surface area contributed by atoms with Crippen LogP contribution in [-0.4, -0.2) is 70.9 Å². The molecular weight excluding hydrogens is 517 g/mol. The number of phosphoric acid groups is 3. The van der Waals surface area contributed by atoms with E-state index in [1.165, 1.54) is 7.05 Å². The second kappa shape index (κ2) is 10.7. The molecule has 0 spiro atoms. The number of phosphoric ester groups is 2. The van der Waals surface area contributed by atoms with Crippen LogP contribution in [0.2, 0.25) is 0 Å². The maximum absolute atomic E-state index is 12.7. The third kappa shape index (κ3) is 6.77. The summed E-state index contributed by atoms with van der Waals surface area (Å²) in [7, 11) is -11.1. The Bertz CT molecular complexity index is 1100. The Morgan fingerprint density at radius 2 is 1.64 bits per heavy atom. The third-order valence-electron chi connectivity index (χ3n) is 4.28. The van der Waals surface area contributed by atoms with E-state index in [4.69, 9.17) is 9.26 Å². The Balaban J connectivity index is 2.16. The molecule has 1 aliphatic heterocycles. The minimum Gasteiger partial charge on any atom is -0.387 e. The molecule has 7 unspecified atom stereocenters. The SMILES string of the molecule is COP(=O)(O)OP(=O)(OC)OP(=O)(OC)OCC1OC(c2cn(C)c(=O)[nH]c2=O)C(O)C1O. The molecule has 7 atom stereocenters. The van der Waals surface area contributed by atoms with Crippen LogP contribution in [0.5, 0.6) is 0 Å². The molecule has 1 aromatic rings. The van der Waals surface area contributed by atoms with Gasteiger partial charge in [0, 0.05) is 34.6 Å².